The second-order valence-electron chi connectivity index (χ2n) is 5.04. The first kappa shape index (κ1) is 15.7. The van der Waals surface area contributed by atoms with Crippen LogP contribution in [0.1, 0.15) is 16.9 Å². The number of carbonyl (C=O) groups excluding carboxylic acids is 1. The van der Waals surface area contributed by atoms with Crippen LogP contribution in [-0.2, 0) is 0 Å². The lowest BCUT2D eigenvalue weighted by atomic mass is 10.2. The van der Waals surface area contributed by atoms with E-state index < -0.39 is 6.17 Å². The van der Waals surface area contributed by atoms with E-state index in [9.17, 15) is 9.18 Å². The maximum absolute atomic E-state index is 13.0. The summed E-state index contributed by atoms with van der Waals surface area (Å²) in [6.07, 6.45) is -0.360. The Morgan fingerprint density at radius 3 is 2.90 bits per heavy atom. The molecule has 112 valence electrons. The van der Waals surface area contributed by atoms with E-state index in [0.717, 1.165) is 10.9 Å². The van der Waals surface area contributed by atoms with E-state index >= 15 is 0 Å². The zero-order valence-corrected chi connectivity index (χ0v) is 12.2. The molecule has 1 aromatic heterocycles. The quantitative estimate of drug-likeness (QED) is 0.913. The Labute approximate surface area is 128 Å². The normalized spacial score (nSPS) is 21.0. The summed E-state index contributed by atoms with van der Waals surface area (Å²) >= 11 is 0. The van der Waals surface area contributed by atoms with Crippen LogP contribution in [-0.4, -0.2) is 36.2 Å². The Bertz CT molecular complexity index is 637. The molecule has 1 amide bonds. The molecule has 1 aromatic carbocycles. The van der Waals surface area contributed by atoms with Crippen molar-refractivity contribution in [1.82, 2.24) is 15.6 Å². The number of alkyl halides is 1. The third kappa shape index (κ3) is 3.68. The van der Waals surface area contributed by atoms with E-state index in [0.29, 0.717) is 25.2 Å². The molecule has 2 N–H and O–H groups in total. The number of aromatic nitrogens is 1. The van der Waals surface area contributed by atoms with Gasteiger partial charge in [-0.3, -0.25) is 4.79 Å². The Kier molecular flexibility index (Phi) is 5.09. The number of pyridine rings is 1. The number of nitrogens with zero attached hydrogens (tertiary/aromatic N) is 1. The number of para-hydroxylation sites is 1. The van der Waals surface area contributed by atoms with Crippen molar-refractivity contribution in [1.29, 1.82) is 0 Å². The number of nitrogens with one attached hydrogen (secondary N) is 2. The van der Waals surface area contributed by atoms with Crippen molar-refractivity contribution >= 4 is 29.2 Å². The van der Waals surface area contributed by atoms with Gasteiger partial charge in [0.25, 0.3) is 5.91 Å². The first-order valence-electron chi connectivity index (χ1n) is 6.74. The molecule has 0 unspecified atom stereocenters. The molecule has 1 fully saturated rings. The molecule has 1 saturated heterocycles. The number of fused-ring (bicyclic) bond motifs is 1. The van der Waals surface area contributed by atoms with Crippen molar-refractivity contribution in [3.63, 3.8) is 0 Å². The van der Waals surface area contributed by atoms with Crippen LogP contribution in [0.15, 0.2) is 36.4 Å². The first-order valence-corrected chi connectivity index (χ1v) is 6.74. The molecule has 3 rings (SSSR count). The third-order valence-corrected chi connectivity index (χ3v) is 3.51. The summed E-state index contributed by atoms with van der Waals surface area (Å²) in [6.45, 7) is 0.794. The molecule has 0 aliphatic carbocycles. The zero-order chi connectivity index (χ0) is 13.9. The van der Waals surface area contributed by atoms with Gasteiger partial charge in [-0.2, -0.15) is 0 Å². The molecule has 1 aliphatic rings. The van der Waals surface area contributed by atoms with E-state index in [4.69, 9.17) is 0 Å². The number of halogens is 2. The smallest absolute Gasteiger partial charge is 0.269 e. The Hall–Kier alpha value is -1.72. The summed E-state index contributed by atoms with van der Waals surface area (Å²) < 4.78 is 13.0. The zero-order valence-electron chi connectivity index (χ0n) is 11.4. The van der Waals surface area contributed by atoms with Crippen molar-refractivity contribution in [3.8, 4) is 0 Å². The average molecular weight is 310 g/mol. The maximum Gasteiger partial charge on any atom is 0.269 e. The van der Waals surface area contributed by atoms with Crippen molar-refractivity contribution in [2.75, 3.05) is 13.1 Å². The SMILES string of the molecule is Cl.O=C(NC[C@@H]1C[C@H](F)CN1)c1ccc2ccccc2n1. The summed E-state index contributed by atoms with van der Waals surface area (Å²) in [5, 5.41) is 6.83. The summed E-state index contributed by atoms with van der Waals surface area (Å²) in [6, 6.07) is 11.2. The van der Waals surface area contributed by atoms with Crippen molar-refractivity contribution in [2.24, 2.45) is 0 Å². The van der Waals surface area contributed by atoms with Crippen LogP contribution in [0.5, 0.6) is 0 Å². The third-order valence-electron chi connectivity index (χ3n) is 3.51. The van der Waals surface area contributed by atoms with Gasteiger partial charge in [0.05, 0.1) is 5.52 Å². The molecule has 0 radical (unpaired) electrons. The number of amides is 1. The number of rotatable bonds is 3. The molecule has 2 heterocycles. The predicted molar refractivity (Wildman–Crippen MR) is 82.6 cm³/mol. The minimum Gasteiger partial charge on any atom is -0.349 e. The minimum atomic E-state index is -0.810. The molecular weight excluding hydrogens is 293 g/mol. The highest BCUT2D eigenvalue weighted by atomic mass is 35.5. The number of hydrogen-bond donors (Lipinski definition) is 2. The standard InChI is InChI=1S/C15H16FN3O.ClH/c16-11-7-12(17-8-11)9-18-15(20)14-6-5-10-3-1-2-4-13(10)19-14;/h1-6,11-12,17H,7-9H2,(H,18,20);1H/t11-,12-;/m0./s1. The fourth-order valence-electron chi connectivity index (χ4n) is 2.42. The summed E-state index contributed by atoms with van der Waals surface area (Å²) in [4.78, 5) is 16.4. The van der Waals surface area contributed by atoms with Gasteiger partial charge in [-0.1, -0.05) is 24.3 Å². The molecule has 2 aromatic rings. The van der Waals surface area contributed by atoms with Crippen molar-refractivity contribution < 1.29 is 9.18 Å². The van der Waals surface area contributed by atoms with Gasteiger partial charge >= 0.3 is 0 Å². The molecule has 21 heavy (non-hydrogen) atoms. The van der Waals surface area contributed by atoms with Gasteiger partial charge < -0.3 is 10.6 Å². The maximum atomic E-state index is 13.0. The van der Waals surface area contributed by atoms with Crippen LogP contribution in [0.2, 0.25) is 0 Å². The van der Waals surface area contributed by atoms with Gasteiger partial charge in [0.2, 0.25) is 0 Å². The number of benzene rings is 1. The van der Waals surface area contributed by atoms with Crippen molar-refractivity contribution in [2.45, 2.75) is 18.6 Å². The second-order valence-corrected chi connectivity index (χ2v) is 5.04. The van der Waals surface area contributed by atoms with E-state index in [1.807, 2.05) is 30.3 Å². The summed E-state index contributed by atoms with van der Waals surface area (Å²) in [7, 11) is 0. The van der Waals surface area contributed by atoms with E-state index in [1.54, 1.807) is 6.07 Å². The lowest BCUT2D eigenvalue weighted by molar-refractivity contribution is 0.0945. The summed E-state index contributed by atoms with van der Waals surface area (Å²) in [5.41, 5.74) is 1.18. The van der Waals surface area contributed by atoms with E-state index in [-0.39, 0.29) is 24.4 Å². The van der Waals surface area contributed by atoms with Gasteiger partial charge in [0.1, 0.15) is 11.9 Å². The molecular formula is C15H17ClFN3O. The highest BCUT2D eigenvalue weighted by molar-refractivity contribution is 5.94. The van der Waals surface area contributed by atoms with Crippen LogP contribution >= 0.6 is 12.4 Å². The Morgan fingerprint density at radius 1 is 1.33 bits per heavy atom. The van der Waals surface area contributed by atoms with E-state index in [2.05, 4.69) is 15.6 Å². The Morgan fingerprint density at radius 2 is 2.14 bits per heavy atom. The van der Waals surface area contributed by atoms with Crippen LogP contribution in [0.3, 0.4) is 0 Å². The van der Waals surface area contributed by atoms with Gasteiger partial charge in [-0.05, 0) is 18.6 Å². The monoisotopic (exact) mass is 309 g/mol. The van der Waals surface area contributed by atoms with Gasteiger partial charge in [0, 0.05) is 24.5 Å². The van der Waals surface area contributed by atoms with Crippen LogP contribution < -0.4 is 10.6 Å². The minimum absolute atomic E-state index is 0. The average Bonchev–Trinajstić information content (AvgIpc) is 2.90. The lowest BCUT2D eigenvalue weighted by Gasteiger charge is -2.11. The molecule has 6 heteroatoms. The van der Waals surface area contributed by atoms with Gasteiger partial charge in [0.15, 0.2) is 0 Å². The van der Waals surface area contributed by atoms with Crippen LogP contribution in [0.4, 0.5) is 4.39 Å². The largest absolute Gasteiger partial charge is 0.349 e. The van der Waals surface area contributed by atoms with E-state index in [1.165, 1.54) is 0 Å². The van der Waals surface area contributed by atoms with Crippen LogP contribution in [0.25, 0.3) is 10.9 Å². The topological polar surface area (TPSA) is 54.0 Å². The highest BCUT2D eigenvalue weighted by Gasteiger charge is 2.23. The molecule has 0 spiro atoms. The predicted octanol–water partition coefficient (Wildman–Crippen LogP) is 2.09. The molecule has 0 bridgehead atoms. The summed E-state index contributed by atoms with van der Waals surface area (Å²) in [5.74, 6) is -0.222. The number of carbonyl (C=O) groups is 1. The number of hydrogen-bond acceptors (Lipinski definition) is 3. The first-order chi connectivity index (χ1) is 9.72. The fourth-order valence-corrected chi connectivity index (χ4v) is 2.42. The fraction of sp³-hybridized carbons (Fsp3) is 0.333. The lowest BCUT2D eigenvalue weighted by Crippen LogP contribution is -2.37. The molecule has 1 aliphatic heterocycles. The highest BCUT2D eigenvalue weighted by Crippen LogP contribution is 2.12. The second kappa shape index (κ2) is 6.83. The molecule has 0 saturated carbocycles. The van der Waals surface area contributed by atoms with Crippen molar-refractivity contribution in [3.05, 3.63) is 42.1 Å². The molecule has 4 nitrogen and oxygen atoms in total. The molecule has 2 atom stereocenters. The van der Waals surface area contributed by atoms with Gasteiger partial charge in [-0.25, -0.2) is 9.37 Å². The Balaban J connectivity index is 0.00000161. The van der Waals surface area contributed by atoms with Gasteiger partial charge in [-0.15, -0.1) is 12.4 Å². The van der Waals surface area contributed by atoms with Crippen LogP contribution in [0, 0.1) is 0 Å².